The molecule has 0 saturated carbocycles. The topological polar surface area (TPSA) is 139 Å². The highest BCUT2D eigenvalue weighted by Gasteiger charge is 2.59. The highest BCUT2D eigenvalue weighted by Crippen LogP contribution is 2.50. The van der Waals surface area contributed by atoms with E-state index in [0.29, 0.717) is 45.1 Å². The average molecular weight is 1320 g/mol. The van der Waals surface area contributed by atoms with Crippen LogP contribution < -0.4 is 0 Å². The van der Waals surface area contributed by atoms with E-state index >= 15 is 4.79 Å². The van der Waals surface area contributed by atoms with Crippen LogP contribution in [-0.4, -0.2) is 164 Å². The van der Waals surface area contributed by atoms with Gasteiger partial charge >= 0.3 is 0 Å². The highest BCUT2D eigenvalue weighted by molar-refractivity contribution is 6.76. The van der Waals surface area contributed by atoms with Crippen LogP contribution in [0.3, 0.4) is 0 Å². The molecule has 0 aromatic carbocycles. The highest BCUT2D eigenvalue weighted by atomic mass is 28.4. The molecule has 88 heavy (non-hydrogen) atoms. The summed E-state index contributed by atoms with van der Waals surface area (Å²) in [6.07, 6.45) is 5.27. The van der Waals surface area contributed by atoms with Crippen LogP contribution in [0.1, 0.15) is 188 Å². The number of ketones is 1. The van der Waals surface area contributed by atoms with E-state index in [1.54, 1.807) is 7.11 Å². The molecule has 18 atom stereocenters. The molecule has 4 unspecified atom stereocenters. The van der Waals surface area contributed by atoms with Crippen molar-refractivity contribution in [2.45, 2.75) is 376 Å². The number of hydrogen-bond donors (Lipinski definition) is 1. The molecule has 0 aromatic rings. The Morgan fingerprint density at radius 3 is 1.61 bits per heavy atom. The van der Waals surface area contributed by atoms with Gasteiger partial charge in [0.1, 0.15) is 30.2 Å². The van der Waals surface area contributed by atoms with Crippen LogP contribution in [0.2, 0.25) is 90.7 Å². The van der Waals surface area contributed by atoms with Gasteiger partial charge in [0.2, 0.25) is 0 Å². The van der Waals surface area contributed by atoms with Crippen molar-refractivity contribution in [3.8, 4) is 0 Å². The molecule has 8 bridgehead atoms. The molecule has 13 nitrogen and oxygen atoms in total. The van der Waals surface area contributed by atoms with Gasteiger partial charge in [-0.1, -0.05) is 136 Å². The smallest absolute Gasteiger partial charge is 0.193 e. The van der Waals surface area contributed by atoms with Gasteiger partial charge in [0.05, 0.1) is 79.9 Å². The molecule has 1 N–H and O–H groups in total. The minimum absolute atomic E-state index is 0.0128. The van der Waals surface area contributed by atoms with E-state index in [1.807, 2.05) is 6.08 Å². The molecule has 5 saturated heterocycles. The van der Waals surface area contributed by atoms with Gasteiger partial charge in [-0.25, -0.2) is 0 Å². The fourth-order valence-electron chi connectivity index (χ4n) is 12.5. The maximum atomic E-state index is 15.4. The summed E-state index contributed by atoms with van der Waals surface area (Å²) < 4.78 is 80.5. The molecular weight excluding hydrogens is 1190 g/mol. The first-order chi connectivity index (χ1) is 40.0. The first-order valence-corrected chi connectivity index (χ1v) is 48.9. The molecule has 5 fully saturated rings. The Morgan fingerprint density at radius 2 is 1.06 bits per heavy atom. The summed E-state index contributed by atoms with van der Waals surface area (Å²) in [5.74, 6) is 0.0699. The van der Waals surface area contributed by atoms with Crippen LogP contribution in [0.4, 0.5) is 0 Å². The van der Waals surface area contributed by atoms with Crippen molar-refractivity contribution in [2.75, 3.05) is 13.7 Å². The molecule has 8 aliphatic heterocycles. The van der Waals surface area contributed by atoms with Crippen LogP contribution in [0, 0.1) is 11.8 Å². The lowest BCUT2D eigenvalue weighted by Crippen LogP contribution is -2.69. The Labute approximate surface area is 543 Å². The number of hydrogen-bond acceptors (Lipinski definition) is 13. The Balaban J connectivity index is 1.45. The number of aliphatic hydroxyl groups excluding tert-OH is 1. The van der Waals surface area contributed by atoms with Crippen molar-refractivity contribution in [3.63, 3.8) is 0 Å². The molecule has 8 rings (SSSR count). The fraction of sp³-hybridized carbons (Fsp3) is 0.900. The van der Waals surface area contributed by atoms with Gasteiger partial charge in [-0.15, -0.1) is 0 Å². The third kappa shape index (κ3) is 18.7. The van der Waals surface area contributed by atoms with E-state index in [-0.39, 0.29) is 111 Å². The molecule has 8 aliphatic rings. The lowest BCUT2D eigenvalue weighted by Gasteiger charge is -2.56. The normalized spacial score (nSPS) is 35.4. The molecule has 18 heteroatoms. The number of fused-ring (bicyclic) bond motifs is 2. The lowest BCUT2D eigenvalue weighted by atomic mass is 9.81. The third-order valence-electron chi connectivity index (χ3n) is 23.7. The predicted molar refractivity (Wildman–Crippen MR) is 372 cm³/mol. The molecule has 0 radical (unpaired) electrons. The Bertz CT molecular complexity index is 2360. The molecule has 8 heterocycles. The summed E-state index contributed by atoms with van der Waals surface area (Å²) >= 11 is 0. The van der Waals surface area contributed by atoms with E-state index in [4.69, 9.17) is 50.6 Å². The lowest BCUT2D eigenvalue weighted by molar-refractivity contribution is -0.266. The first-order valence-electron chi connectivity index (χ1n) is 34.4. The molecule has 0 amide bonds. The van der Waals surface area contributed by atoms with Crippen molar-refractivity contribution < 1.29 is 60.5 Å². The summed E-state index contributed by atoms with van der Waals surface area (Å²) in [4.78, 5) is 15.4. The fourth-order valence-corrected chi connectivity index (χ4v) is 18.8. The zero-order valence-corrected chi connectivity index (χ0v) is 66.0. The zero-order valence-electron chi connectivity index (χ0n) is 61.0. The summed E-state index contributed by atoms with van der Waals surface area (Å²) in [5.41, 5.74) is 2.17. The molecule has 0 aromatic heterocycles. The standard InChI is InChI=1S/C70H132O13Si5/c1-45-38-51-33-36-55-46(2)39-50(75-55)32-30-48(71)31-35-57(81-86(24,25)68(10,11)12)63-65(83-88(28,29)70(16,17)18)64(82-87(26,27)69(13,14)15)62-56(79-63)37-34-52(77-62)40-49(72)41-54-59(43-58(76-51)47(45)3)78-60(61(54)73-19)42-53(80-85(22,23)67(7,8)9)44-74-84(20,21)66(4,5)6/h31,35,45,48,50-65,71H,2-3,30,32-34,36-44H2,1,4-29H3/b35-31+/t45-,48?,50+,51+,52-,53+,54?,55?,56+,57+,58?,59+,60-,61-,62+,63+,64-,65-/m1/s1. The molecule has 0 aliphatic carbocycles. The zero-order chi connectivity index (χ0) is 66.5. The average Bonchev–Trinajstić information content (AvgIpc) is 3.91. The quantitative estimate of drug-likeness (QED) is 0.131. The third-order valence-corrected chi connectivity index (χ3v) is 46.1. The van der Waals surface area contributed by atoms with Gasteiger partial charge in [0.25, 0.3) is 0 Å². The minimum atomic E-state index is -2.58. The molecule has 0 spiro atoms. The van der Waals surface area contributed by atoms with E-state index in [9.17, 15) is 5.11 Å². The van der Waals surface area contributed by atoms with Crippen molar-refractivity contribution in [2.24, 2.45) is 11.8 Å². The second-order valence-corrected chi connectivity index (χ2v) is 59.5. The number of rotatable bonds is 14. The summed E-state index contributed by atoms with van der Waals surface area (Å²) in [6.45, 7) is 69.2. The second-order valence-electron chi connectivity index (χ2n) is 35.7. The Hall–Kier alpha value is -0.506. The number of carbonyl (C=O) groups excluding carboxylic acids is 1. The molecule has 510 valence electrons. The van der Waals surface area contributed by atoms with Crippen LogP contribution in [-0.2, 0) is 55.3 Å². The maximum Gasteiger partial charge on any atom is 0.193 e. The number of methoxy groups -OCH3 is 1. The van der Waals surface area contributed by atoms with Gasteiger partial charge in [-0.2, -0.15) is 0 Å². The molecular formula is C70H132O13Si5. The van der Waals surface area contributed by atoms with E-state index in [2.05, 4.69) is 195 Å². The van der Waals surface area contributed by atoms with E-state index in [0.717, 1.165) is 36.8 Å². The van der Waals surface area contributed by atoms with Crippen molar-refractivity contribution in [3.05, 3.63) is 36.5 Å². The number of carbonyl (C=O) groups is 1. The number of Topliss-reactive ketones (excluding diaryl/α,β-unsaturated/α-hetero) is 1. The van der Waals surface area contributed by atoms with Gasteiger partial charge in [-0.05, 0) is 159 Å². The predicted octanol–water partition coefficient (Wildman–Crippen LogP) is 17.0. The monoisotopic (exact) mass is 1320 g/mol. The maximum absolute atomic E-state index is 15.4. The van der Waals surface area contributed by atoms with Crippen LogP contribution in [0.25, 0.3) is 0 Å². The largest absolute Gasteiger partial charge is 0.414 e. The Morgan fingerprint density at radius 1 is 0.545 bits per heavy atom. The van der Waals surface area contributed by atoms with Crippen LogP contribution in [0.5, 0.6) is 0 Å². The van der Waals surface area contributed by atoms with Gasteiger partial charge < -0.3 is 55.7 Å². The van der Waals surface area contributed by atoms with Gasteiger partial charge in [0, 0.05) is 38.7 Å². The van der Waals surface area contributed by atoms with Crippen molar-refractivity contribution >= 4 is 47.4 Å². The SMILES string of the molecule is C=C1C[C@@H]2CCC(O)/C=C/[C@H](O[Si](C)(C)C(C)(C)C)[C@@H]3O[C@H]4CC[C@H](CC(=O)CC5[C@H](CC6O[C@@H](CCC1O2)C[C@@H](C)C6=C)O[C@H](C[C@@H](CO[Si](C)(C)C(C)(C)C)O[Si](C)(C)C(C)(C)C)[C@@H]5OC)O[C@@H]4[C@@H](O[Si](C)(C)C(C)(C)C)[C@@H]3O[Si](C)(C)C(C)(C)C. The van der Waals surface area contributed by atoms with Crippen molar-refractivity contribution in [1.82, 2.24) is 0 Å². The Kier molecular flexibility index (Phi) is 24.9. The second kappa shape index (κ2) is 28.7. The summed E-state index contributed by atoms with van der Waals surface area (Å²) in [5, 5.41) is 11.5. The van der Waals surface area contributed by atoms with Gasteiger partial charge in [-0.3, -0.25) is 4.79 Å². The summed E-state index contributed by atoms with van der Waals surface area (Å²) in [6, 6.07) is 0. The van der Waals surface area contributed by atoms with E-state index < -0.39 is 84.3 Å². The first kappa shape index (κ1) is 76.5. The van der Waals surface area contributed by atoms with E-state index in [1.165, 1.54) is 0 Å². The summed E-state index contributed by atoms with van der Waals surface area (Å²) in [7, 11) is -10.3. The van der Waals surface area contributed by atoms with Crippen LogP contribution >= 0.6 is 0 Å². The van der Waals surface area contributed by atoms with Crippen LogP contribution in [0.15, 0.2) is 36.5 Å². The van der Waals surface area contributed by atoms with Crippen molar-refractivity contribution in [1.29, 1.82) is 0 Å². The van der Waals surface area contributed by atoms with Gasteiger partial charge in [0.15, 0.2) is 41.6 Å². The number of ether oxygens (including phenoxy) is 6. The minimum Gasteiger partial charge on any atom is -0.414 e. The number of aliphatic hydroxyl groups is 1.